The lowest BCUT2D eigenvalue weighted by Crippen LogP contribution is -2.14. The Labute approximate surface area is 111 Å². The van der Waals surface area contributed by atoms with Gasteiger partial charge in [0, 0.05) is 18.0 Å². The fourth-order valence-corrected chi connectivity index (χ4v) is 3.26. The summed E-state index contributed by atoms with van der Waals surface area (Å²) >= 11 is 1.77. The molecule has 4 heteroatoms. The van der Waals surface area contributed by atoms with E-state index in [4.69, 9.17) is 9.72 Å². The van der Waals surface area contributed by atoms with E-state index in [9.17, 15) is 0 Å². The van der Waals surface area contributed by atoms with Gasteiger partial charge in [0.1, 0.15) is 12.4 Å². The maximum atomic E-state index is 5.76. The normalized spacial score (nSPS) is 14.6. The van der Waals surface area contributed by atoms with Gasteiger partial charge in [-0.3, -0.25) is 0 Å². The monoisotopic (exact) mass is 260 g/mol. The number of hydrogen-bond donors (Lipinski definition) is 1. The highest BCUT2D eigenvalue weighted by Crippen LogP contribution is 2.40. The number of likely N-dealkylation sites (N-methyl/N-ethyl adjacent to an activating group) is 1. The molecule has 0 amide bonds. The van der Waals surface area contributed by atoms with Crippen molar-refractivity contribution in [3.63, 3.8) is 0 Å². The van der Waals surface area contributed by atoms with Crippen molar-refractivity contribution in [2.45, 2.75) is 19.4 Å². The van der Waals surface area contributed by atoms with Gasteiger partial charge in [-0.25, -0.2) is 4.98 Å². The van der Waals surface area contributed by atoms with Crippen LogP contribution in [0.1, 0.15) is 22.7 Å². The predicted octanol–water partition coefficient (Wildman–Crippen LogP) is 3.03. The van der Waals surface area contributed by atoms with Crippen molar-refractivity contribution < 1.29 is 4.74 Å². The molecule has 0 spiro atoms. The molecule has 3 rings (SSSR count). The molecule has 3 nitrogen and oxygen atoms in total. The lowest BCUT2D eigenvalue weighted by atomic mass is 10.1. The summed E-state index contributed by atoms with van der Waals surface area (Å²) in [6, 6.07) is 8.13. The molecule has 0 saturated heterocycles. The molecule has 1 unspecified atom stereocenters. The van der Waals surface area contributed by atoms with Crippen LogP contribution in [0.15, 0.2) is 24.3 Å². The summed E-state index contributed by atoms with van der Waals surface area (Å²) in [7, 11) is 1.97. The molecule has 1 atom stereocenters. The zero-order valence-electron chi connectivity index (χ0n) is 10.6. The predicted molar refractivity (Wildman–Crippen MR) is 74.2 cm³/mol. The summed E-state index contributed by atoms with van der Waals surface area (Å²) in [5.74, 6) is 1.39. The number of hydrogen-bond acceptors (Lipinski definition) is 4. The Morgan fingerprint density at radius 1 is 1.44 bits per heavy atom. The first-order valence-electron chi connectivity index (χ1n) is 6.16. The summed E-state index contributed by atoms with van der Waals surface area (Å²) in [5.41, 5.74) is 2.23. The molecule has 94 valence electrons. The fourth-order valence-electron chi connectivity index (χ4n) is 2.21. The molecule has 1 aromatic heterocycles. The molecule has 18 heavy (non-hydrogen) atoms. The molecule has 1 aromatic carbocycles. The average molecular weight is 260 g/mol. The van der Waals surface area contributed by atoms with Crippen LogP contribution >= 0.6 is 11.3 Å². The van der Waals surface area contributed by atoms with Gasteiger partial charge in [-0.05, 0) is 19.2 Å². The summed E-state index contributed by atoms with van der Waals surface area (Å²) in [5, 5.41) is 4.39. The van der Waals surface area contributed by atoms with Crippen LogP contribution in [-0.4, -0.2) is 18.6 Å². The van der Waals surface area contributed by atoms with E-state index in [1.165, 1.54) is 9.88 Å². The van der Waals surface area contributed by atoms with Gasteiger partial charge in [-0.2, -0.15) is 0 Å². The number of fused-ring (bicyclic) bond motifs is 3. The molecule has 1 N–H and O–H groups in total. The van der Waals surface area contributed by atoms with Crippen molar-refractivity contribution in [2.75, 3.05) is 13.6 Å². The van der Waals surface area contributed by atoms with Crippen LogP contribution in [0.4, 0.5) is 0 Å². The summed E-state index contributed by atoms with van der Waals surface area (Å²) in [6.45, 7) is 3.80. The van der Waals surface area contributed by atoms with Crippen LogP contribution in [0.3, 0.4) is 0 Å². The van der Waals surface area contributed by atoms with Gasteiger partial charge < -0.3 is 10.1 Å². The van der Waals surface area contributed by atoms with E-state index in [0.29, 0.717) is 12.5 Å². The highest BCUT2D eigenvalue weighted by molar-refractivity contribution is 7.12. The highest BCUT2D eigenvalue weighted by Gasteiger charge is 2.23. The molecule has 1 aliphatic heterocycles. The molecular formula is C14H16N2OS. The van der Waals surface area contributed by atoms with E-state index in [2.05, 4.69) is 18.3 Å². The molecular weight excluding hydrogens is 244 g/mol. The SMILES string of the molecule is CNCC(C)c1nc2c(s1)COc1ccccc1-2. The first-order valence-corrected chi connectivity index (χ1v) is 6.97. The molecule has 0 radical (unpaired) electrons. The van der Waals surface area contributed by atoms with E-state index < -0.39 is 0 Å². The minimum absolute atomic E-state index is 0.442. The Morgan fingerprint density at radius 3 is 3.11 bits per heavy atom. The van der Waals surface area contributed by atoms with Crippen molar-refractivity contribution in [3.05, 3.63) is 34.2 Å². The van der Waals surface area contributed by atoms with Crippen molar-refractivity contribution in [1.29, 1.82) is 0 Å². The van der Waals surface area contributed by atoms with Gasteiger partial charge in [0.25, 0.3) is 0 Å². The molecule has 0 aliphatic carbocycles. The van der Waals surface area contributed by atoms with Crippen LogP contribution in [0.5, 0.6) is 5.75 Å². The smallest absolute Gasteiger partial charge is 0.129 e. The first-order chi connectivity index (χ1) is 8.79. The van der Waals surface area contributed by atoms with Crippen LogP contribution < -0.4 is 10.1 Å². The molecule has 2 aromatic rings. The zero-order valence-corrected chi connectivity index (χ0v) is 11.4. The quantitative estimate of drug-likeness (QED) is 0.921. The Morgan fingerprint density at radius 2 is 2.28 bits per heavy atom. The second kappa shape index (κ2) is 4.71. The first kappa shape index (κ1) is 11.7. The summed E-state index contributed by atoms with van der Waals surface area (Å²) in [6.07, 6.45) is 0. The van der Waals surface area contributed by atoms with Crippen molar-refractivity contribution in [1.82, 2.24) is 10.3 Å². The fraction of sp³-hybridized carbons (Fsp3) is 0.357. The van der Waals surface area contributed by atoms with E-state index >= 15 is 0 Å². The van der Waals surface area contributed by atoms with Gasteiger partial charge in [-0.1, -0.05) is 19.1 Å². The summed E-state index contributed by atoms with van der Waals surface area (Å²) < 4.78 is 5.76. The van der Waals surface area contributed by atoms with Crippen LogP contribution in [0, 0.1) is 0 Å². The maximum absolute atomic E-state index is 5.76. The van der Waals surface area contributed by atoms with Crippen molar-refractivity contribution in [2.24, 2.45) is 0 Å². The van der Waals surface area contributed by atoms with E-state index in [1.54, 1.807) is 11.3 Å². The highest BCUT2D eigenvalue weighted by atomic mass is 32.1. The Hall–Kier alpha value is -1.39. The lowest BCUT2D eigenvalue weighted by Gasteiger charge is -2.15. The largest absolute Gasteiger partial charge is 0.487 e. The number of para-hydroxylation sites is 1. The number of nitrogens with one attached hydrogen (secondary N) is 1. The van der Waals surface area contributed by atoms with E-state index in [0.717, 1.165) is 23.6 Å². The van der Waals surface area contributed by atoms with Crippen LogP contribution in [0.2, 0.25) is 0 Å². The van der Waals surface area contributed by atoms with Gasteiger partial charge in [0.05, 0.1) is 15.6 Å². The minimum Gasteiger partial charge on any atom is -0.487 e. The maximum Gasteiger partial charge on any atom is 0.129 e. The number of nitrogens with zero attached hydrogens (tertiary/aromatic N) is 1. The van der Waals surface area contributed by atoms with Gasteiger partial charge in [0.2, 0.25) is 0 Å². The third-order valence-corrected chi connectivity index (χ3v) is 4.41. The van der Waals surface area contributed by atoms with Gasteiger partial charge in [0.15, 0.2) is 0 Å². The van der Waals surface area contributed by atoms with E-state index in [-0.39, 0.29) is 0 Å². The number of rotatable bonds is 3. The summed E-state index contributed by atoms with van der Waals surface area (Å²) in [4.78, 5) is 6.05. The second-order valence-corrected chi connectivity index (χ2v) is 5.68. The zero-order chi connectivity index (χ0) is 12.5. The third-order valence-electron chi connectivity index (χ3n) is 3.15. The molecule has 0 saturated carbocycles. The second-order valence-electron chi connectivity index (χ2n) is 4.57. The van der Waals surface area contributed by atoms with Crippen molar-refractivity contribution >= 4 is 11.3 Å². The topological polar surface area (TPSA) is 34.2 Å². The van der Waals surface area contributed by atoms with Crippen LogP contribution in [0.25, 0.3) is 11.3 Å². The van der Waals surface area contributed by atoms with Crippen molar-refractivity contribution in [3.8, 4) is 17.0 Å². The molecule has 0 fully saturated rings. The number of thiazole rings is 1. The van der Waals surface area contributed by atoms with Crippen LogP contribution in [-0.2, 0) is 6.61 Å². The van der Waals surface area contributed by atoms with Gasteiger partial charge >= 0.3 is 0 Å². The molecule has 1 aliphatic rings. The lowest BCUT2D eigenvalue weighted by molar-refractivity contribution is 0.305. The van der Waals surface area contributed by atoms with Gasteiger partial charge in [-0.15, -0.1) is 11.3 Å². The Bertz CT molecular complexity index is 565. The average Bonchev–Trinajstić information content (AvgIpc) is 2.83. The standard InChI is InChI=1S/C14H16N2OS/c1-9(7-15-2)14-16-13-10-5-3-4-6-11(10)17-8-12(13)18-14/h3-6,9,15H,7-8H2,1-2H3. The number of ether oxygens (including phenoxy) is 1. The molecule has 2 heterocycles. The van der Waals surface area contributed by atoms with E-state index in [1.807, 2.05) is 25.2 Å². The number of aromatic nitrogens is 1. The third kappa shape index (κ3) is 1.91. The Kier molecular flexibility index (Phi) is 3.06. The number of benzene rings is 1. The Balaban J connectivity index is 2.01. The molecule has 0 bridgehead atoms. The minimum atomic E-state index is 0.442.